The minimum absolute atomic E-state index is 0.233. The Labute approximate surface area is 136 Å². The predicted molar refractivity (Wildman–Crippen MR) is 83.9 cm³/mol. The van der Waals surface area contributed by atoms with Crippen molar-refractivity contribution in [3.05, 3.63) is 40.1 Å². The summed E-state index contributed by atoms with van der Waals surface area (Å²) in [6.45, 7) is 2.03. The van der Waals surface area contributed by atoms with E-state index in [-0.39, 0.29) is 18.1 Å². The highest BCUT2D eigenvalue weighted by Gasteiger charge is 2.18. The first-order chi connectivity index (χ1) is 10.6. The number of benzene rings is 1. The second-order valence-corrected chi connectivity index (χ2v) is 5.44. The fourth-order valence-electron chi connectivity index (χ4n) is 1.89. The van der Waals surface area contributed by atoms with E-state index in [0.717, 1.165) is 10.2 Å². The largest absolute Gasteiger partial charge is 0.354 e. The van der Waals surface area contributed by atoms with E-state index < -0.39 is 6.29 Å². The van der Waals surface area contributed by atoms with Crippen molar-refractivity contribution in [3.63, 3.8) is 0 Å². The zero-order valence-electron chi connectivity index (χ0n) is 12.5. The highest BCUT2D eigenvalue weighted by Crippen LogP contribution is 2.16. The van der Waals surface area contributed by atoms with Gasteiger partial charge in [0.2, 0.25) is 0 Å². The first kappa shape index (κ1) is 16.6. The molecule has 22 heavy (non-hydrogen) atoms. The molecule has 0 atom stereocenters. The quantitative estimate of drug-likeness (QED) is 0.784. The number of ether oxygens (including phenoxy) is 2. The number of nitrogens with zero attached hydrogens (tertiary/aromatic N) is 3. The van der Waals surface area contributed by atoms with Gasteiger partial charge in [0, 0.05) is 18.7 Å². The fraction of sp³-hybridized carbons (Fsp3) is 0.357. The third-order valence-corrected chi connectivity index (χ3v) is 3.66. The summed E-state index contributed by atoms with van der Waals surface area (Å²) in [5.74, 6) is -0.319. The van der Waals surface area contributed by atoms with Crippen LogP contribution in [0.25, 0.3) is 5.69 Å². The highest BCUT2D eigenvalue weighted by atomic mass is 79.9. The standard InChI is InChI=1S/C14H17BrN4O3/c1-9-13(14(20)16-8-12(21-2)22-3)17-18-19(9)11-6-4-10(15)5-7-11/h4-7,12H,8H2,1-3H3,(H,16,20). The Morgan fingerprint density at radius 3 is 2.55 bits per heavy atom. The van der Waals surface area contributed by atoms with Gasteiger partial charge in [-0.25, -0.2) is 4.68 Å². The molecule has 0 aliphatic rings. The van der Waals surface area contributed by atoms with E-state index >= 15 is 0 Å². The van der Waals surface area contributed by atoms with Gasteiger partial charge in [0.05, 0.1) is 17.9 Å². The number of halogens is 1. The van der Waals surface area contributed by atoms with Gasteiger partial charge < -0.3 is 14.8 Å². The van der Waals surface area contributed by atoms with E-state index in [9.17, 15) is 4.79 Å². The van der Waals surface area contributed by atoms with Gasteiger partial charge in [0.15, 0.2) is 12.0 Å². The molecular weight excluding hydrogens is 352 g/mol. The molecule has 0 bridgehead atoms. The average molecular weight is 369 g/mol. The summed E-state index contributed by atoms with van der Waals surface area (Å²) in [6.07, 6.45) is -0.495. The van der Waals surface area contributed by atoms with Crippen molar-refractivity contribution < 1.29 is 14.3 Å². The Hall–Kier alpha value is -1.77. The fourth-order valence-corrected chi connectivity index (χ4v) is 2.15. The molecule has 8 heteroatoms. The van der Waals surface area contributed by atoms with Crippen LogP contribution in [0.2, 0.25) is 0 Å². The number of hydrogen-bond acceptors (Lipinski definition) is 5. The zero-order valence-corrected chi connectivity index (χ0v) is 14.1. The number of amides is 1. The molecule has 0 saturated heterocycles. The van der Waals surface area contributed by atoms with E-state index in [4.69, 9.17) is 9.47 Å². The Balaban J connectivity index is 2.13. The number of rotatable bonds is 6. The first-order valence-electron chi connectivity index (χ1n) is 6.58. The maximum Gasteiger partial charge on any atom is 0.273 e. The van der Waals surface area contributed by atoms with E-state index in [1.165, 1.54) is 14.2 Å². The lowest BCUT2D eigenvalue weighted by molar-refractivity contribution is -0.0974. The van der Waals surface area contributed by atoms with Crippen molar-refractivity contribution in [1.82, 2.24) is 20.3 Å². The van der Waals surface area contributed by atoms with Crippen LogP contribution in [0.1, 0.15) is 16.2 Å². The molecule has 7 nitrogen and oxygen atoms in total. The summed E-state index contributed by atoms with van der Waals surface area (Å²) < 4.78 is 12.6. The third-order valence-electron chi connectivity index (χ3n) is 3.14. The molecule has 118 valence electrons. The summed E-state index contributed by atoms with van der Waals surface area (Å²) in [5, 5.41) is 10.7. The van der Waals surface area contributed by atoms with Crippen molar-refractivity contribution in [1.29, 1.82) is 0 Å². The van der Waals surface area contributed by atoms with Gasteiger partial charge >= 0.3 is 0 Å². The molecule has 1 amide bonds. The van der Waals surface area contributed by atoms with Gasteiger partial charge in [0.25, 0.3) is 5.91 Å². The Bertz CT molecular complexity index is 638. The van der Waals surface area contributed by atoms with Crippen molar-refractivity contribution in [2.45, 2.75) is 13.2 Å². The van der Waals surface area contributed by atoms with Crippen molar-refractivity contribution in [3.8, 4) is 5.69 Å². The number of carbonyl (C=O) groups is 1. The number of nitrogens with one attached hydrogen (secondary N) is 1. The van der Waals surface area contributed by atoms with Crippen LogP contribution < -0.4 is 5.32 Å². The van der Waals surface area contributed by atoms with E-state index in [1.807, 2.05) is 24.3 Å². The van der Waals surface area contributed by atoms with Crippen LogP contribution in [-0.4, -0.2) is 48.0 Å². The van der Waals surface area contributed by atoms with Gasteiger partial charge in [-0.1, -0.05) is 21.1 Å². The van der Waals surface area contributed by atoms with Gasteiger partial charge in [0.1, 0.15) is 0 Å². The predicted octanol–water partition coefficient (Wildman–Crippen LogP) is 1.69. The molecule has 1 heterocycles. The lowest BCUT2D eigenvalue weighted by Gasteiger charge is -2.13. The molecule has 1 aromatic carbocycles. The van der Waals surface area contributed by atoms with Crippen LogP contribution >= 0.6 is 15.9 Å². The van der Waals surface area contributed by atoms with Gasteiger partial charge in [-0.2, -0.15) is 0 Å². The van der Waals surface area contributed by atoms with Crippen LogP contribution in [0.15, 0.2) is 28.7 Å². The normalized spacial score (nSPS) is 11.0. The number of methoxy groups -OCH3 is 2. The molecule has 0 aliphatic carbocycles. The van der Waals surface area contributed by atoms with Crippen molar-refractivity contribution in [2.24, 2.45) is 0 Å². The van der Waals surface area contributed by atoms with E-state index in [2.05, 4.69) is 31.6 Å². The molecule has 2 aromatic rings. The summed E-state index contributed by atoms with van der Waals surface area (Å²) in [5.41, 5.74) is 1.76. The smallest absolute Gasteiger partial charge is 0.273 e. The topological polar surface area (TPSA) is 78.3 Å². The van der Waals surface area contributed by atoms with Gasteiger partial charge in [-0.15, -0.1) is 5.10 Å². The lowest BCUT2D eigenvalue weighted by Crippen LogP contribution is -2.34. The summed E-state index contributed by atoms with van der Waals surface area (Å²) in [7, 11) is 3.02. The van der Waals surface area contributed by atoms with Crippen LogP contribution in [0, 0.1) is 6.92 Å². The molecular formula is C14H17BrN4O3. The van der Waals surface area contributed by atoms with Crippen LogP contribution in [-0.2, 0) is 9.47 Å². The zero-order chi connectivity index (χ0) is 16.1. The maximum absolute atomic E-state index is 12.2. The van der Waals surface area contributed by atoms with Gasteiger partial charge in [-0.3, -0.25) is 4.79 Å². The Morgan fingerprint density at radius 2 is 1.95 bits per heavy atom. The van der Waals surface area contributed by atoms with E-state index in [0.29, 0.717) is 5.69 Å². The Kier molecular flexibility index (Phi) is 5.64. The first-order valence-corrected chi connectivity index (χ1v) is 7.38. The third kappa shape index (κ3) is 3.70. The van der Waals surface area contributed by atoms with Crippen LogP contribution in [0.4, 0.5) is 0 Å². The number of hydrogen-bond donors (Lipinski definition) is 1. The average Bonchev–Trinajstić information content (AvgIpc) is 2.90. The molecule has 0 unspecified atom stereocenters. The molecule has 0 spiro atoms. The lowest BCUT2D eigenvalue weighted by atomic mass is 10.3. The molecule has 2 rings (SSSR count). The van der Waals surface area contributed by atoms with Gasteiger partial charge in [-0.05, 0) is 31.2 Å². The van der Waals surface area contributed by atoms with Crippen molar-refractivity contribution in [2.75, 3.05) is 20.8 Å². The summed E-state index contributed by atoms with van der Waals surface area (Å²) in [4.78, 5) is 12.2. The SMILES string of the molecule is COC(CNC(=O)c1nnn(-c2ccc(Br)cc2)c1C)OC. The second-order valence-electron chi connectivity index (χ2n) is 4.52. The second kappa shape index (κ2) is 7.48. The molecule has 1 aromatic heterocycles. The molecule has 0 fully saturated rings. The van der Waals surface area contributed by atoms with Crippen molar-refractivity contribution >= 4 is 21.8 Å². The molecule has 1 N–H and O–H groups in total. The van der Waals surface area contributed by atoms with Crippen LogP contribution in [0.5, 0.6) is 0 Å². The number of carbonyl (C=O) groups excluding carboxylic acids is 1. The minimum atomic E-state index is -0.495. The Morgan fingerprint density at radius 1 is 1.32 bits per heavy atom. The minimum Gasteiger partial charge on any atom is -0.354 e. The molecule has 0 radical (unpaired) electrons. The van der Waals surface area contributed by atoms with Crippen LogP contribution in [0.3, 0.4) is 0 Å². The monoisotopic (exact) mass is 368 g/mol. The highest BCUT2D eigenvalue weighted by molar-refractivity contribution is 9.10. The maximum atomic E-state index is 12.2. The molecule has 0 saturated carbocycles. The summed E-state index contributed by atoms with van der Waals surface area (Å²) >= 11 is 3.38. The molecule has 0 aliphatic heterocycles. The summed E-state index contributed by atoms with van der Waals surface area (Å²) in [6, 6.07) is 7.58. The number of aromatic nitrogens is 3. The van der Waals surface area contributed by atoms with E-state index in [1.54, 1.807) is 11.6 Å².